The van der Waals surface area contributed by atoms with Gasteiger partial charge in [0, 0.05) is 36.0 Å². The Morgan fingerprint density at radius 2 is 1.78 bits per heavy atom. The first kappa shape index (κ1) is 25.3. The first-order valence-corrected chi connectivity index (χ1v) is 12.2. The van der Waals surface area contributed by atoms with Crippen LogP contribution in [-0.2, 0) is 16.1 Å². The lowest BCUT2D eigenvalue weighted by molar-refractivity contribution is -0.146. The molecule has 1 N–H and O–H groups in total. The fourth-order valence-electron chi connectivity index (χ4n) is 4.54. The predicted octanol–water partition coefficient (Wildman–Crippen LogP) is 4.27. The number of benzene rings is 2. The molecule has 0 aliphatic carbocycles. The van der Waals surface area contributed by atoms with Crippen LogP contribution in [0.3, 0.4) is 0 Å². The number of esters is 1. The second-order valence-corrected chi connectivity index (χ2v) is 9.30. The van der Waals surface area contributed by atoms with E-state index in [4.69, 9.17) is 9.73 Å². The molecule has 3 aromatic rings. The van der Waals surface area contributed by atoms with E-state index < -0.39 is 11.8 Å². The number of hydrogen-bond acceptors (Lipinski definition) is 7. The number of aliphatic imine (C=N–C) groups is 1. The van der Waals surface area contributed by atoms with E-state index in [-0.39, 0.29) is 18.3 Å². The lowest BCUT2D eigenvalue weighted by Crippen LogP contribution is -2.37. The summed E-state index contributed by atoms with van der Waals surface area (Å²) >= 11 is 0. The van der Waals surface area contributed by atoms with Crippen molar-refractivity contribution in [3.8, 4) is 0 Å². The monoisotopic (exact) mass is 487 g/mol. The first-order valence-electron chi connectivity index (χ1n) is 12.2. The number of hydrogen-bond donors (Lipinski definition) is 1. The number of aromatic nitrogens is 2. The molecular formula is C28H33N5O3. The third-order valence-electron chi connectivity index (χ3n) is 6.35. The normalized spacial score (nSPS) is 16.9. The van der Waals surface area contributed by atoms with Crippen molar-refractivity contribution in [1.82, 2.24) is 14.5 Å². The van der Waals surface area contributed by atoms with Crippen LogP contribution in [0.4, 0.5) is 17.3 Å². The summed E-state index contributed by atoms with van der Waals surface area (Å²) in [7, 11) is 3.91. The maximum atomic E-state index is 13.3. The van der Waals surface area contributed by atoms with Crippen molar-refractivity contribution < 1.29 is 9.53 Å². The Morgan fingerprint density at radius 3 is 2.42 bits per heavy atom. The fourth-order valence-corrected chi connectivity index (χ4v) is 4.54. The van der Waals surface area contributed by atoms with Crippen molar-refractivity contribution in [3.63, 3.8) is 0 Å². The number of carbonyl (C=O) groups is 1. The predicted molar refractivity (Wildman–Crippen MR) is 143 cm³/mol. The van der Waals surface area contributed by atoms with Crippen LogP contribution >= 0.6 is 0 Å². The second-order valence-electron chi connectivity index (χ2n) is 9.30. The number of nitrogens with zero attached hydrogens (tertiary/aromatic N) is 4. The minimum atomic E-state index is -0.639. The Labute approximate surface area is 211 Å². The van der Waals surface area contributed by atoms with Gasteiger partial charge in [0.25, 0.3) is 0 Å². The van der Waals surface area contributed by atoms with Gasteiger partial charge in [-0.3, -0.25) is 9.36 Å². The van der Waals surface area contributed by atoms with Crippen molar-refractivity contribution in [2.45, 2.75) is 33.2 Å². The lowest BCUT2D eigenvalue weighted by Gasteiger charge is -2.33. The maximum absolute atomic E-state index is 13.3. The summed E-state index contributed by atoms with van der Waals surface area (Å²) in [4.78, 5) is 37.9. The van der Waals surface area contributed by atoms with Crippen LogP contribution in [0.1, 0.15) is 36.5 Å². The Morgan fingerprint density at radius 1 is 1.08 bits per heavy atom. The van der Waals surface area contributed by atoms with E-state index in [1.54, 1.807) is 11.5 Å². The molecule has 0 fully saturated rings. The van der Waals surface area contributed by atoms with Crippen molar-refractivity contribution in [1.29, 1.82) is 0 Å². The van der Waals surface area contributed by atoms with Crippen LogP contribution in [0.25, 0.3) is 0 Å². The van der Waals surface area contributed by atoms with E-state index in [1.807, 2.05) is 87.4 Å². The summed E-state index contributed by atoms with van der Waals surface area (Å²) in [5.41, 5.74) is 3.79. The summed E-state index contributed by atoms with van der Waals surface area (Å²) < 4.78 is 7.09. The van der Waals surface area contributed by atoms with Gasteiger partial charge in [-0.1, -0.05) is 48.0 Å². The SMILES string of the molecule is CCOC(=O)C1C(C)=Nc2c(c(Nc3ccc(C)cc3)nc(=O)n2CCN(C)C)C1c1ccccc1. The van der Waals surface area contributed by atoms with Gasteiger partial charge in [0.2, 0.25) is 0 Å². The second kappa shape index (κ2) is 10.9. The average Bonchev–Trinajstić information content (AvgIpc) is 2.84. The van der Waals surface area contributed by atoms with Crippen molar-refractivity contribution in [2.75, 3.05) is 32.6 Å². The molecule has 4 rings (SSSR count). The highest BCUT2D eigenvalue weighted by atomic mass is 16.5. The van der Waals surface area contributed by atoms with Crippen LogP contribution in [0.15, 0.2) is 64.4 Å². The number of likely N-dealkylation sites (N-methyl/N-ethyl adjacent to an activating group) is 1. The minimum absolute atomic E-state index is 0.270. The molecule has 188 valence electrons. The fraction of sp³-hybridized carbons (Fsp3) is 0.357. The highest BCUT2D eigenvalue weighted by Crippen LogP contribution is 2.45. The molecule has 0 radical (unpaired) electrons. The maximum Gasteiger partial charge on any atom is 0.351 e. The summed E-state index contributed by atoms with van der Waals surface area (Å²) in [6, 6.07) is 17.7. The third-order valence-corrected chi connectivity index (χ3v) is 6.35. The van der Waals surface area contributed by atoms with Crippen molar-refractivity contribution in [3.05, 3.63) is 81.8 Å². The Balaban J connectivity index is 1.98. The van der Waals surface area contributed by atoms with Crippen LogP contribution in [0.5, 0.6) is 0 Å². The van der Waals surface area contributed by atoms with Gasteiger partial charge in [0.05, 0.1) is 6.61 Å². The zero-order valence-corrected chi connectivity index (χ0v) is 21.5. The number of anilines is 2. The van der Waals surface area contributed by atoms with Gasteiger partial charge in [0.15, 0.2) is 0 Å². The smallest absolute Gasteiger partial charge is 0.351 e. The molecule has 2 atom stereocenters. The number of nitrogens with one attached hydrogen (secondary N) is 1. The zero-order chi connectivity index (χ0) is 25.8. The molecule has 2 heterocycles. The summed E-state index contributed by atoms with van der Waals surface area (Å²) in [5, 5.41) is 3.34. The number of aryl methyl sites for hydroxylation is 1. The quantitative estimate of drug-likeness (QED) is 0.477. The molecule has 1 aromatic heterocycles. The van der Waals surface area contributed by atoms with Gasteiger partial charge in [0.1, 0.15) is 17.6 Å². The van der Waals surface area contributed by atoms with Gasteiger partial charge in [-0.2, -0.15) is 4.98 Å². The topological polar surface area (TPSA) is 88.8 Å². The average molecular weight is 488 g/mol. The van der Waals surface area contributed by atoms with Gasteiger partial charge in [-0.25, -0.2) is 9.79 Å². The molecule has 0 amide bonds. The standard InChI is InChI=1S/C28H33N5O3/c1-6-36-27(34)22-19(3)29-26-24(23(22)20-10-8-7-9-11-20)25(30-21-14-12-18(2)13-15-21)31-28(35)33(26)17-16-32(4)5/h7-15,22-23H,6,16-17H2,1-5H3,(H,30,31,35). The molecule has 1 aliphatic rings. The number of ether oxygens (including phenoxy) is 1. The van der Waals surface area contributed by atoms with Crippen LogP contribution in [0.2, 0.25) is 0 Å². The van der Waals surface area contributed by atoms with Gasteiger partial charge in [-0.05, 0) is 52.6 Å². The summed E-state index contributed by atoms with van der Waals surface area (Å²) in [5.74, 6) is -0.479. The molecule has 0 saturated heterocycles. The van der Waals surface area contributed by atoms with Crippen LogP contribution in [-0.4, -0.2) is 53.4 Å². The molecule has 8 heteroatoms. The van der Waals surface area contributed by atoms with E-state index >= 15 is 0 Å². The van der Waals surface area contributed by atoms with E-state index in [1.165, 1.54) is 0 Å². The third kappa shape index (κ3) is 5.23. The summed E-state index contributed by atoms with van der Waals surface area (Å²) in [6.45, 7) is 6.98. The van der Waals surface area contributed by atoms with E-state index in [0.29, 0.717) is 36.0 Å². The zero-order valence-electron chi connectivity index (χ0n) is 21.5. The van der Waals surface area contributed by atoms with E-state index in [2.05, 4.69) is 10.3 Å². The lowest BCUT2D eigenvalue weighted by atomic mass is 9.76. The molecule has 0 saturated carbocycles. The largest absolute Gasteiger partial charge is 0.465 e. The molecule has 0 bridgehead atoms. The van der Waals surface area contributed by atoms with Crippen molar-refractivity contribution >= 4 is 29.0 Å². The summed E-state index contributed by atoms with van der Waals surface area (Å²) in [6.07, 6.45) is 0. The number of rotatable bonds is 8. The first-order chi connectivity index (χ1) is 17.3. The van der Waals surface area contributed by atoms with Gasteiger partial charge >= 0.3 is 11.7 Å². The highest BCUT2D eigenvalue weighted by Gasteiger charge is 2.42. The molecule has 2 aromatic carbocycles. The van der Waals surface area contributed by atoms with E-state index in [9.17, 15) is 9.59 Å². The molecular weight excluding hydrogens is 454 g/mol. The van der Waals surface area contributed by atoms with E-state index in [0.717, 1.165) is 16.8 Å². The Bertz CT molecular complexity index is 1310. The molecule has 0 spiro atoms. The molecule has 2 unspecified atom stereocenters. The molecule has 8 nitrogen and oxygen atoms in total. The number of fused-ring (bicyclic) bond motifs is 1. The Hall–Kier alpha value is -3.78. The van der Waals surface area contributed by atoms with Crippen molar-refractivity contribution in [2.24, 2.45) is 10.9 Å². The van der Waals surface area contributed by atoms with Crippen LogP contribution in [0, 0.1) is 12.8 Å². The minimum Gasteiger partial charge on any atom is -0.465 e. The van der Waals surface area contributed by atoms with Crippen LogP contribution < -0.4 is 11.0 Å². The Kier molecular flexibility index (Phi) is 7.64. The number of carbonyl (C=O) groups excluding carboxylic acids is 1. The molecule has 36 heavy (non-hydrogen) atoms. The van der Waals surface area contributed by atoms with Gasteiger partial charge < -0.3 is 15.0 Å². The van der Waals surface area contributed by atoms with Gasteiger partial charge in [-0.15, -0.1) is 0 Å². The highest BCUT2D eigenvalue weighted by molar-refractivity contribution is 6.05. The molecule has 1 aliphatic heterocycles.